The number of nitrogens with one attached hydrogen (secondary N) is 1. The molecule has 0 bridgehead atoms. The van der Waals surface area contributed by atoms with Crippen molar-refractivity contribution < 1.29 is 9.90 Å². The summed E-state index contributed by atoms with van der Waals surface area (Å²) in [5, 5.41) is 13.7. The van der Waals surface area contributed by atoms with Crippen LogP contribution in [0.5, 0.6) is 0 Å². The Morgan fingerprint density at radius 3 is 2.57 bits per heavy atom. The van der Waals surface area contributed by atoms with E-state index in [9.17, 15) is 9.90 Å². The summed E-state index contributed by atoms with van der Waals surface area (Å²) in [6.45, 7) is 6.01. The molecule has 1 aliphatic rings. The predicted octanol–water partition coefficient (Wildman–Crippen LogP) is 3.83. The minimum Gasteiger partial charge on any atom is -0.390 e. The van der Waals surface area contributed by atoms with Crippen molar-refractivity contribution >= 4 is 28.8 Å². The van der Waals surface area contributed by atoms with Crippen LogP contribution in [-0.2, 0) is 13.0 Å². The monoisotopic (exact) mass is 426 g/mol. The van der Waals surface area contributed by atoms with Gasteiger partial charge >= 0.3 is 0 Å². The minimum absolute atomic E-state index is 0.163. The lowest BCUT2D eigenvalue weighted by atomic mass is 9.93. The van der Waals surface area contributed by atoms with Crippen molar-refractivity contribution in [1.82, 2.24) is 14.7 Å². The van der Waals surface area contributed by atoms with E-state index in [-0.39, 0.29) is 5.91 Å². The molecule has 0 spiro atoms. The van der Waals surface area contributed by atoms with Crippen molar-refractivity contribution in [2.24, 2.45) is 0 Å². The zero-order valence-electron chi connectivity index (χ0n) is 17.4. The van der Waals surface area contributed by atoms with Crippen LogP contribution in [0.1, 0.15) is 48.4 Å². The van der Waals surface area contributed by atoms with E-state index in [1.54, 1.807) is 16.7 Å². The maximum atomic E-state index is 12.9. The highest BCUT2D eigenvalue weighted by atomic mass is 35.5. The molecule has 158 valence electrons. The zero-order chi connectivity index (χ0) is 21.3. The first-order valence-corrected chi connectivity index (χ1v) is 10.7. The smallest absolute Gasteiger partial charge is 0.270 e. The molecular formula is C23H27ClN4O2. The van der Waals surface area contributed by atoms with Gasteiger partial charge in [-0.05, 0) is 56.0 Å². The molecule has 0 radical (unpaired) electrons. The number of amides is 1. The maximum absolute atomic E-state index is 12.9. The molecule has 30 heavy (non-hydrogen) atoms. The van der Waals surface area contributed by atoms with Crippen LogP contribution in [0.3, 0.4) is 0 Å². The molecule has 0 saturated carbocycles. The van der Waals surface area contributed by atoms with Gasteiger partial charge in [0.2, 0.25) is 0 Å². The third-order valence-electron chi connectivity index (χ3n) is 5.80. The Bertz CT molecular complexity index is 1050. The predicted molar refractivity (Wildman–Crippen MR) is 119 cm³/mol. The van der Waals surface area contributed by atoms with Crippen LogP contribution in [0.15, 0.2) is 42.6 Å². The first-order valence-electron chi connectivity index (χ1n) is 10.4. The van der Waals surface area contributed by atoms with Gasteiger partial charge in [0.25, 0.3) is 5.91 Å². The van der Waals surface area contributed by atoms with Gasteiger partial charge in [0.1, 0.15) is 11.3 Å². The molecule has 3 heterocycles. The molecule has 4 rings (SSSR count). The fourth-order valence-electron chi connectivity index (χ4n) is 3.89. The van der Waals surface area contributed by atoms with Crippen molar-refractivity contribution in [3.05, 3.63) is 64.6 Å². The first kappa shape index (κ1) is 20.7. The third kappa shape index (κ3) is 4.30. The molecule has 2 aromatic heterocycles. The van der Waals surface area contributed by atoms with Gasteiger partial charge in [-0.25, -0.2) is 4.98 Å². The quantitative estimate of drug-likeness (QED) is 0.650. The van der Waals surface area contributed by atoms with E-state index < -0.39 is 5.60 Å². The van der Waals surface area contributed by atoms with Gasteiger partial charge in [-0.2, -0.15) is 0 Å². The topological polar surface area (TPSA) is 69.9 Å². The van der Waals surface area contributed by atoms with Crippen molar-refractivity contribution in [2.75, 3.05) is 18.0 Å². The first-order chi connectivity index (χ1) is 14.4. The molecular weight excluding hydrogens is 400 g/mol. The normalized spacial score (nSPS) is 16.1. The molecule has 1 aliphatic heterocycles. The SMILES string of the molecule is CCc1nc2ccc(Cl)cn2c1C(=O)NCc1ccc(N2CCC(C)(O)CC2)cc1. The Morgan fingerprint density at radius 1 is 1.20 bits per heavy atom. The van der Waals surface area contributed by atoms with Crippen molar-refractivity contribution in [3.63, 3.8) is 0 Å². The summed E-state index contributed by atoms with van der Waals surface area (Å²) in [5.41, 5.74) is 3.62. The number of carbonyl (C=O) groups is 1. The van der Waals surface area contributed by atoms with Crippen LogP contribution in [0, 0.1) is 0 Å². The van der Waals surface area contributed by atoms with Gasteiger partial charge in [0.05, 0.1) is 16.3 Å². The van der Waals surface area contributed by atoms with E-state index in [0.717, 1.165) is 42.9 Å². The minimum atomic E-state index is -0.555. The number of hydrogen-bond acceptors (Lipinski definition) is 4. The van der Waals surface area contributed by atoms with Crippen LogP contribution < -0.4 is 10.2 Å². The highest BCUT2D eigenvalue weighted by molar-refractivity contribution is 6.30. The molecule has 3 aromatic rings. The number of piperidine rings is 1. The van der Waals surface area contributed by atoms with E-state index >= 15 is 0 Å². The number of anilines is 1. The lowest BCUT2D eigenvalue weighted by Gasteiger charge is -2.37. The highest BCUT2D eigenvalue weighted by Gasteiger charge is 2.27. The van der Waals surface area contributed by atoms with Crippen molar-refractivity contribution in [3.8, 4) is 0 Å². The molecule has 2 N–H and O–H groups in total. The van der Waals surface area contributed by atoms with E-state index in [0.29, 0.717) is 29.3 Å². The summed E-state index contributed by atoms with van der Waals surface area (Å²) in [5.74, 6) is -0.163. The fraction of sp³-hybridized carbons (Fsp3) is 0.391. The number of rotatable bonds is 5. The van der Waals surface area contributed by atoms with E-state index in [2.05, 4.69) is 27.3 Å². The number of aliphatic hydroxyl groups is 1. The number of benzene rings is 1. The molecule has 0 aliphatic carbocycles. The van der Waals surface area contributed by atoms with Crippen LogP contribution >= 0.6 is 11.6 Å². The highest BCUT2D eigenvalue weighted by Crippen LogP contribution is 2.26. The second-order valence-electron chi connectivity index (χ2n) is 8.17. The number of carbonyl (C=O) groups excluding carboxylic acids is 1. The molecule has 0 unspecified atom stereocenters. The van der Waals surface area contributed by atoms with Gasteiger partial charge in [-0.15, -0.1) is 0 Å². The molecule has 7 heteroatoms. The number of hydrogen-bond donors (Lipinski definition) is 2. The summed E-state index contributed by atoms with van der Waals surface area (Å²) in [4.78, 5) is 19.7. The average Bonchev–Trinajstić information content (AvgIpc) is 3.10. The summed E-state index contributed by atoms with van der Waals surface area (Å²) in [6.07, 6.45) is 3.93. The third-order valence-corrected chi connectivity index (χ3v) is 6.02. The molecule has 1 saturated heterocycles. The number of aryl methyl sites for hydroxylation is 1. The second-order valence-corrected chi connectivity index (χ2v) is 8.61. The Labute approximate surface area is 181 Å². The fourth-order valence-corrected chi connectivity index (χ4v) is 4.05. The number of fused-ring (bicyclic) bond motifs is 1. The summed E-state index contributed by atoms with van der Waals surface area (Å²) in [6, 6.07) is 11.8. The Morgan fingerprint density at radius 2 is 1.90 bits per heavy atom. The molecule has 1 aromatic carbocycles. The Hall–Kier alpha value is -2.57. The van der Waals surface area contributed by atoms with Gasteiger partial charge in [0.15, 0.2) is 0 Å². The molecule has 1 fully saturated rings. The number of pyridine rings is 1. The Balaban J connectivity index is 1.43. The van der Waals surface area contributed by atoms with Crippen molar-refractivity contribution in [1.29, 1.82) is 0 Å². The average molecular weight is 427 g/mol. The van der Waals surface area contributed by atoms with E-state index in [1.165, 1.54) is 0 Å². The zero-order valence-corrected chi connectivity index (χ0v) is 18.1. The number of nitrogens with zero attached hydrogens (tertiary/aromatic N) is 3. The molecule has 1 amide bonds. The second kappa shape index (κ2) is 8.28. The lowest BCUT2D eigenvalue weighted by Crippen LogP contribution is -2.42. The summed E-state index contributed by atoms with van der Waals surface area (Å²) in [7, 11) is 0. The standard InChI is InChI=1S/C23H27ClN4O2/c1-3-19-21(28-15-17(24)6-9-20(28)26-19)22(29)25-14-16-4-7-18(8-5-16)27-12-10-23(2,30)11-13-27/h4-9,15,30H,3,10-14H2,1-2H3,(H,25,29). The number of aromatic nitrogens is 2. The number of halogens is 1. The van der Waals surface area contributed by atoms with Gasteiger partial charge in [-0.1, -0.05) is 30.7 Å². The maximum Gasteiger partial charge on any atom is 0.270 e. The van der Waals surface area contributed by atoms with Gasteiger partial charge in [0, 0.05) is 31.5 Å². The van der Waals surface area contributed by atoms with Crippen molar-refractivity contribution in [2.45, 2.75) is 45.3 Å². The van der Waals surface area contributed by atoms with Gasteiger partial charge in [-0.3, -0.25) is 9.20 Å². The largest absolute Gasteiger partial charge is 0.390 e. The van der Waals surface area contributed by atoms with Crippen LogP contribution in [0.2, 0.25) is 5.02 Å². The van der Waals surface area contributed by atoms with Crippen LogP contribution in [-0.4, -0.2) is 39.1 Å². The van der Waals surface area contributed by atoms with E-state index in [4.69, 9.17) is 11.6 Å². The summed E-state index contributed by atoms with van der Waals surface area (Å²) >= 11 is 6.12. The molecule has 6 nitrogen and oxygen atoms in total. The lowest BCUT2D eigenvalue weighted by molar-refractivity contribution is 0.0351. The van der Waals surface area contributed by atoms with Crippen LogP contribution in [0.4, 0.5) is 5.69 Å². The number of imidazole rings is 1. The molecule has 0 atom stereocenters. The van der Waals surface area contributed by atoms with Gasteiger partial charge < -0.3 is 15.3 Å². The van der Waals surface area contributed by atoms with Crippen LogP contribution in [0.25, 0.3) is 5.65 Å². The van der Waals surface area contributed by atoms with E-state index in [1.807, 2.05) is 32.0 Å². The Kier molecular flexibility index (Phi) is 5.71. The summed E-state index contributed by atoms with van der Waals surface area (Å²) < 4.78 is 1.75.